The number of fused-ring (bicyclic) bond motifs is 1. The van der Waals surface area contributed by atoms with Crippen LogP contribution in [0.25, 0.3) is 0 Å². The number of sulfonamides is 1. The zero-order valence-electron chi connectivity index (χ0n) is 19.5. The van der Waals surface area contributed by atoms with Gasteiger partial charge in [0.05, 0.1) is 16.0 Å². The zero-order valence-corrected chi connectivity index (χ0v) is 20.4. The van der Waals surface area contributed by atoms with Gasteiger partial charge in [-0.05, 0) is 70.7 Å². The molecule has 3 aliphatic rings. The van der Waals surface area contributed by atoms with E-state index in [9.17, 15) is 13.2 Å². The monoisotopic (exact) mass is 466 g/mol. The van der Waals surface area contributed by atoms with Crippen molar-refractivity contribution in [1.29, 1.82) is 0 Å². The number of rotatable bonds is 2. The normalized spacial score (nSPS) is 26.6. The SMILES string of the molecule is Cc1ccc(S(=O)(=O)N2CC[C@]34C=CCC[C@]23N(C(=O)OC(C)(C)C)c2ccccc24)cc1. The van der Waals surface area contributed by atoms with Crippen molar-refractivity contribution in [2.75, 3.05) is 11.4 Å². The number of allylic oxidation sites excluding steroid dienone is 1. The van der Waals surface area contributed by atoms with Crippen LogP contribution in [0.15, 0.2) is 65.6 Å². The maximum absolute atomic E-state index is 14.1. The van der Waals surface area contributed by atoms with Crippen molar-refractivity contribution in [3.8, 4) is 0 Å². The molecule has 0 bridgehead atoms. The maximum Gasteiger partial charge on any atom is 0.416 e. The first-order valence-electron chi connectivity index (χ1n) is 11.4. The number of hydrogen-bond donors (Lipinski definition) is 0. The molecule has 1 saturated heterocycles. The molecular weight excluding hydrogens is 436 g/mol. The van der Waals surface area contributed by atoms with Crippen LogP contribution < -0.4 is 4.90 Å². The third-order valence-corrected chi connectivity index (χ3v) is 9.01. The Hall–Kier alpha value is -2.64. The lowest BCUT2D eigenvalue weighted by atomic mass is 9.68. The molecular formula is C26H30N2O4S. The fourth-order valence-corrected chi connectivity index (χ4v) is 7.64. The molecule has 7 heteroatoms. The van der Waals surface area contributed by atoms with Crippen LogP contribution in [0.3, 0.4) is 0 Å². The number of nitrogens with zero attached hydrogens (tertiary/aromatic N) is 2. The molecule has 33 heavy (non-hydrogen) atoms. The Balaban J connectivity index is 1.74. The minimum absolute atomic E-state index is 0.243. The van der Waals surface area contributed by atoms with Crippen molar-refractivity contribution in [3.63, 3.8) is 0 Å². The summed E-state index contributed by atoms with van der Waals surface area (Å²) in [6, 6.07) is 14.7. The van der Waals surface area contributed by atoms with Gasteiger partial charge in [-0.25, -0.2) is 13.2 Å². The lowest BCUT2D eigenvalue weighted by molar-refractivity contribution is 0.0456. The molecule has 1 fully saturated rings. The van der Waals surface area contributed by atoms with Gasteiger partial charge in [0.25, 0.3) is 0 Å². The second-order valence-electron chi connectivity index (χ2n) is 10.2. The summed E-state index contributed by atoms with van der Waals surface area (Å²) in [4.78, 5) is 15.6. The van der Waals surface area contributed by atoms with E-state index in [1.165, 1.54) is 0 Å². The van der Waals surface area contributed by atoms with Gasteiger partial charge in [-0.3, -0.25) is 4.90 Å². The highest BCUT2D eigenvalue weighted by atomic mass is 32.2. The lowest BCUT2D eigenvalue weighted by Gasteiger charge is -2.49. The van der Waals surface area contributed by atoms with Crippen molar-refractivity contribution in [3.05, 3.63) is 71.8 Å². The van der Waals surface area contributed by atoms with Crippen LogP contribution >= 0.6 is 0 Å². The smallest absolute Gasteiger partial charge is 0.416 e. The van der Waals surface area contributed by atoms with E-state index in [0.717, 1.165) is 16.8 Å². The van der Waals surface area contributed by atoms with Crippen molar-refractivity contribution in [2.45, 2.75) is 68.5 Å². The first-order valence-corrected chi connectivity index (χ1v) is 12.9. The Bertz CT molecular complexity index is 1250. The van der Waals surface area contributed by atoms with Crippen molar-refractivity contribution in [2.24, 2.45) is 0 Å². The first-order chi connectivity index (χ1) is 15.5. The Morgan fingerprint density at radius 3 is 2.42 bits per heavy atom. The Morgan fingerprint density at radius 1 is 1.03 bits per heavy atom. The number of aryl methyl sites for hydroxylation is 1. The Morgan fingerprint density at radius 2 is 1.73 bits per heavy atom. The van der Waals surface area contributed by atoms with Crippen LogP contribution in [0.5, 0.6) is 0 Å². The van der Waals surface area contributed by atoms with Crippen LogP contribution in [-0.2, 0) is 20.2 Å². The number of carbonyl (C=O) groups excluding carboxylic acids is 1. The van der Waals surface area contributed by atoms with Gasteiger partial charge in [-0.2, -0.15) is 4.31 Å². The minimum Gasteiger partial charge on any atom is -0.443 e. The molecule has 0 N–H and O–H groups in total. The van der Waals surface area contributed by atoms with Gasteiger partial charge in [0.2, 0.25) is 10.0 Å². The van der Waals surface area contributed by atoms with Gasteiger partial charge in [-0.15, -0.1) is 0 Å². The van der Waals surface area contributed by atoms with E-state index in [4.69, 9.17) is 4.74 Å². The molecule has 6 nitrogen and oxygen atoms in total. The second kappa shape index (κ2) is 7.18. The number of hydrogen-bond acceptors (Lipinski definition) is 4. The van der Waals surface area contributed by atoms with Gasteiger partial charge < -0.3 is 4.74 Å². The molecule has 2 aromatic rings. The molecule has 5 rings (SSSR count). The fraction of sp³-hybridized carbons (Fsp3) is 0.423. The van der Waals surface area contributed by atoms with Crippen molar-refractivity contribution >= 4 is 21.8 Å². The quantitative estimate of drug-likeness (QED) is 0.576. The minimum atomic E-state index is -3.87. The maximum atomic E-state index is 14.1. The second-order valence-corrected chi connectivity index (χ2v) is 12.1. The summed E-state index contributed by atoms with van der Waals surface area (Å²) in [5.41, 5.74) is 0.286. The summed E-state index contributed by atoms with van der Waals surface area (Å²) < 4.78 is 35.5. The standard InChI is InChI=1S/C26H30N2O4S/c1-19-11-13-20(14-12-19)33(30,31)27-18-17-25-15-7-8-16-26(25,27)28(23(29)32-24(2,3)4)22-10-6-5-9-21(22)25/h5-7,9-15H,8,16-18H2,1-4H3/t25-,26+/m0/s1. The summed E-state index contributed by atoms with van der Waals surface area (Å²) in [5, 5.41) is 0. The highest BCUT2D eigenvalue weighted by Gasteiger charge is 2.71. The predicted molar refractivity (Wildman–Crippen MR) is 128 cm³/mol. The molecule has 2 aromatic carbocycles. The van der Waals surface area contributed by atoms with Gasteiger partial charge >= 0.3 is 6.09 Å². The van der Waals surface area contributed by atoms with Gasteiger partial charge in [0.1, 0.15) is 11.3 Å². The molecule has 0 saturated carbocycles. The van der Waals surface area contributed by atoms with Crippen LogP contribution in [0.2, 0.25) is 0 Å². The largest absolute Gasteiger partial charge is 0.443 e. The van der Waals surface area contributed by atoms with Gasteiger partial charge in [0.15, 0.2) is 0 Å². The van der Waals surface area contributed by atoms with Crippen LogP contribution in [0, 0.1) is 6.92 Å². The van der Waals surface area contributed by atoms with Crippen LogP contribution in [0.4, 0.5) is 10.5 Å². The highest BCUT2D eigenvalue weighted by Crippen LogP contribution is 2.63. The molecule has 0 aromatic heterocycles. The van der Waals surface area contributed by atoms with E-state index >= 15 is 0 Å². The van der Waals surface area contributed by atoms with E-state index < -0.39 is 32.8 Å². The topological polar surface area (TPSA) is 66.9 Å². The van der Waals surface area contributed by atoms with Crippen LogP contribution in [0.1, 0.15) is 51.2 Å². The van der Waals surface area contributed by atoms with E-state index in [-0.39, 0.29) is 4.90 Å². The van der Waals surface area contributed by atoms with E-state index in [1.54, 1.807) is 21.3 Å². The number of ether oxygens (including phenoxy) is 1. The van der Waals surface area contributed by atoms with Crippen molar-refractivity contribution < 1.29 is 17.9 Å². The number of anilines is 1. The summed E-state index contributed by atoms with van der Waals surface area (Å²) >= 11 is 0. The zero-order chi connectivity index (χ0) is 23.6. The third kappa shape index (κ3) is 3.02. The Kier molecular flexibility index (Phi) is 4.82. The number of amides is 1. The summed E-state index contributed by atoms with van der Waals surface area (Å²) in [6.45, 7) is 7.74. The molecule has 1 aliphatic carbocycles. The van der Waals surface area contributed by atoms with Gasteiger partial charge in [0, 0.05) is 6.54 Å². The number of benzene rings is 2. The van der Waals surface area contributed by atoms with E-state index in [1.807, 2.05) is 64.1 Å². The molecule has 174 valence electrons. The van der Waals surface area contributed by atoms with Gasteiger partial charge in [-0.1, -0.05) is 48.0 Å². The highest BCUT2D eigenvalue weighted by molar-refractivity contribution is 7.89. The molecule has 2 atom stereocenters. The molecule has 0 spiro atoms. The van der Waals surface area contributed by atoms with E-state index in [2.05, 4.69) is 12.2 Å². The molecule has 2 aliphatic heterocycles. The number of para-hydroxylation sites is 1. The number of carbonyl (C=O) groups is 1. The Labute approximate surface area is 195 Å². The average molecular weight is 467 g/mol. The third-order valence-electron chi connectivity index (χ3n) is 7.08. The van der Waals surface area contributed by atoms with Crippen molar-refractivity contribution in [1.82, 2.24) is 4.31 Å². The van der Waals surface area contributed by atoms with E-state index in [0.29, 0.717) is 25.8 Å². The average Bonchev–Trinajstić information content (AvgIpc) is 3.22. The molecule has 0 radical (unpaired) electrons. The summed E-state index contributed by atoms with van der Waals surface area (Å²) in [5.74, 6) is 0. The molecule has 2 heterocycles. The fourth-order valence-electron chi connectivity index (χ4n) is 5.84. The summed E-state index contributed by atoms with van der Waals surface area (Å²) in [7, 11) is -3.87. The lowest BCUT2D eigenvalue weighted by Crippen LogP contribution is -2.66. The van der Waals surface area contributed by atoms with Crippen LogP contribution in [-0.4, -0.2) is 36.6 Å². The molecule has 1 amide bonds. The predicted octanol–water partition coefficient (Wildman–Crippen LogP) is 5.13. The summed E-state index contributed by atoms with van der Waals surface area (Å²) in [6.07, 6.45) is 5.51. The molecule has 0 unspecified atom stereocenters. The first kappa shape index (κ1) is 22.2.